The van der Waals surface area contributed by atoms with Crippen LogP contribution in [0.2, 0.25) is 0 Å². The zero-order chi connectivity index (χ0) is 32.9. The van der Waals surface area contributed by atoms with Gasteiger partial charge < -0.3 is 4.90 Å². The lowest BCUT2D eigenvalue weighted by molar-refractivity contribution is -0.231. The minimum atomic E-state index is 0.0670. The maximum absolute atomic E-state index is 2.70. The first-order valence-electron chi connectivity index (χ1n) is 19.1. The third-order valence-corrected chi connectivity index (χ3v) is 15.2. The van der Waals surface area contributed by atoms with Gasteiger partial charge >= 0.3 is 0 Å². The molecule has 49 heavy (non-hydrogen) atoms. The maximum atomic E-state index is 2.70. The Labute approximate surface area is 292 Å². The number of para-hydroxylation sites is 1. The fraction of sp³-hybridized carbons (Fsp3) is 0.375. The van der Waals surface area contributed by atoms with Gasteiger partial charge in [-0.15, -0.1) is 0 Å². The number of fused-ring (bicyclic) bond motifs is 9. The van der Waals surface area contributed by atoms with E-state index in [1.165, 1.54) is 89.0 Å². The lowest BCUT2D eigenvalue weighted by atomic mass is 9.27. The quantitative estimate of drug-likeness (QED) is 0.189. The minimum Gasteiger partial charge on any atom is -0.310 e. The number of benzene rings is 5. The lowest BCUT2D eigenvalue weighted by Crippen LogP contribution is -2.73. The average molecular weight is 638 g/mol. The van der Waals surface area contributed by atoms with Gasteiger partial charge in [0.15, 0.2) is 0 Å². The Kier molecular flexibility index (Phi) is 5.49. The van der Waals surface area contributed by atoms with Crippen LogP contribution in [0.3, 0.4) is 0 Å². The summed E-state index contributed by atoms with van der Waals surface area (Å²) in [6, 6.07) is 44.6. The van der Waals surface area contributed by atoms with Crippen molar-refractivity contribution in [2.24, 2.45) is 29.1 Å². The molecule has 1 nitrogen and oxygen atoms in total. The summed E-state index contributed by atoms with van der Waals surface area (Å²) in [5, 5.41) is 0. The summed E-state index contributed by atoms with van der Waals surface area (Å²) in [6.45, 7) is 9.85. The van der Waals surface area contributed by atoms with Crippen LogP contribution in [0.4, 0.5) is 17.1 Å². The highest BCUT2D eigenvalue weighted by Crippen LogP contribution is 2.89. The van der Waals surface area contributed by atoms with E-state index in [2.05, 4.69) is 148 Å². The van der Waals surface area contributed by atoms with E-state index in [-0.39, 0.29) is 16.2 Å². The van der Waals surface area contributed by atoms with Gasteiger partial charge in [0.2, 0.25) is 0 Å². The van der Waals surface area contributed by atoms with E-state index in [9.17, 15) is 0 Å². The van der Waals surface area contributed by atoms with Gasteiger partial charge in [0.05, 0.1) is 11.4 Å². The normalized spacial score (nSPS) is 31.3. The van der Waals surface area contributed by atoms with E-state index in [4.69, 9.17) is 0 Å². The minimum absolute atomic E-state index is 0.0670. The van der Waals surface area contributed by atoms with Crippen molar-refractivity contribution in [3.05, 3.63) is 138 Å². The van der Waals surface area contributed by atoms with E-state index < -0.39 is 0 Å². The highest BCUT2D eigenvalue weighted by molar-refractivity contribution is 5.96. The molecule has 0 radical (unpaired) electrons. The molecule has 0 saturated heterocycles. The molecule has 0 aliphatic heterocycles. The highest BCUT2D eigenvalue weighted by Gasteiger charge is 2.84. The van der Waals surface area contributed by atoms with Crippen molar-refractivity contribution in [1.29, 1.82) is 0 Å². The Bertz CT molecular complexity index is 2170. The van der Waals surface area contributed by atoms with Crippen LogP contribution in [-0.2, 0) is 16.2 Å². The van der Waals surface area contributed by atoms with Gasteiger partial charge in [-0.25, -0.2) is 0 Å². The molecule has 6 unspecified atom stereocenters. The number of anilines is 3. The van der Waals surface area contributed by atoms with Gasteiger partial charge in [-0.1, -0.05) is 113 Å². The summed E-state index contributed by atoms with van der Waals surface area (Å²) >= 11 is 0. The van der Waals surface area contributed by atoms with E-state index in [1.54, 1.807) is 11.1 Å². The second kappa shape index (κ2) is 9.36. The monoisotopic (exact) mass is 637 g/mol. The fourth-order valence-electron chi connectivity index (χ4n) is 13.3. The van der Waals surface area contributed by atoms with Crippen LogP contribution in [0.1, 0.15) is 88.5 Å². The van der Waals surface area contributed by atoms with Crippen LogP contribution in [0.25, 0.3) is 22.3 Å². The summed E-state index contributed by atoms with van der Waals surface area (Å²) < 4.78 is 0. The number of hydrogen-bond acceptors (Lipinski definition) is 1. The SMILES string of the molecule is CC1(C)CCC(C)(C)c2c(N(c3ccccc3)c3cc4c(cc3-c3ccccc3)C3(c5ccccc5-4)C4CC5CC6CC3C64C5)cccc21. The van der Waals surface area contributed by atoms with Crippen molar-refractivity contribution in [3.63, 3.8) is 0 Å². The molecule has 244 valence electrons. The zero-order valence-electron chi connectivity index (χ0n) is 29.5. The van der Waals surface area contributed by atoms with Crippen molar-refractivity contribution in [3.8, 4) is 22.3 Å². The maximum Gasteiger partial charge on any atom is 0.0546 e. The lowest BCUT2D eigenvalue weighted by Gasteiger charge is -2.76. The molecule has 6 aliphatic carbocycles. The first-order valence-corrected chi connectivity index (χ1v) is 19.1. The van der Waals surface area contributed by atoms with E-state index in [0.29, 0.717) is 5.41 Å². The average Bonchev–Trinajstić information content (AvgIpc) is 3.74. The Balaban J connectivity index is 1.22. The van der Waals surface area contributed by atoms with Crippen molar-refractivity contribution in [2.45, 2.75) is 82.5 Å². The summed E-state index contributed by atoms with van der Waals surface area (Å²) in [4.78, 5) is 2.64. The zero-order valence-corrected chi connectivity index (χ0v) is 29.5. The van der Waals surface area contributed by atoms with Crippen LogP contribution < -0.4 is 4.90 Å². The van der Waals surface area contributed by atoms with Gasteiger partial charge in [-0.3, -0.25) is 0 Å². The second-order valence-electron chi connectivity index (χ2n) is 18.0. The Morgan fingerprint density at radius 1 is 0.551 bits per heavy atom. The summed E-state index contributed by atoms with van der Waals surface area (Å²) in [7, 11) is 0. The number of nitrogens with zero attached hydrogens (tertiary/aromatic N) is 1. The highest BCUT2D eigenvalue weighted by atomic mass is 15.1. The van der Waals surface area contributed by atoms with Crippen molar-refractivity contribution < 1.29 is 0 Å². The molecule has 2 spiro atoms. The van der Waals surface area contributed by atoms with Crippen molar-refractivity contribution in [2.75, 3.05) is 4.90 Å². The van der Waals surface area contributed by atoms with Crippen molar-refractivity contribution in [1.82, 2.24) is 0 Å². The van der Waals surface area contributed by atoms with Crippen LogP contribution in [-0.4, -0.2) is 0 Å². The van der Waals surface area contributed by atoms with E-state index in [0.717, 1.165) is 23.7 Å². The molecule has 4 saturated carbocycles. The van der Waals surface area contributed by atoms with Gasteiger partial charge in [-0.05, 0) is 148 Å². The van der Waals surface area contributed by atoms with Gasteiger partial charge in [0.25, 0.3) is 0 Å². The van der Waals surface area contributed by atoms with Crippen LogP contribution in [0, 0.1) is 29.1 Å². The van der Waals surface area contributed by atoms with E-state index >= 15 is 0 Å². The van der Waals surface area contributed by atoms with Gasteiger partial charge in [-0.2, -0.15) is 0 Å². The molecule has 4 fully saturated rings. The molecule has 0 N–H and O–H groups in total. The second-order valence-corrected chi connectivity index (χ2v) is 18.0. The molecule has 11 rings (SSSR count). The number of hydrogen-bond donors (Lipinski definition) is 0. The molecule has 6 aliphatic rings. The molecule has 6 atom stereocenters. The third-order valence-electron chi connectivity index (χ3n) is 15.2. The standard InChI is InChI=1S/C48H47N/c1-45(2)22-23-46(3,4)44-38(45)20-13-21-40(44)49(33-16-9-6-10-17-33)41-28-36-34-18-11-12-19-37(34)48(39(36)27-35(41)31-14-7-5-8-15-31)42-25-30-24-32-26-43(48)47(32,42)29-30/h5-21,27-28,30,32,42-43H,22-26,29H2,1-4H3. The largest absolute Gasteiger partial charge is 0.310 e. The Morgan fingerprint density at radius 3 is 2.04 bits per heavy atom. The third kappa shape index (κ3) is 3.38. The summed E-state index contributed by atoms with van der Waals surface area (Å²) in [5.41, 5.74) is 16.8. The Morgan fingerprint density at radius 2 is 1.24 bits per heavy atom. The molecular formula is C48H47N. The van der Waals surface area contributed by atoms with E-state index in [1.807, 2.05) is 0 Å². The molecule has 0 aromatic heterocycles. The predicted octanol–water partition coefficient (Wildman–Crippen LogP) is 12.5. The van der Waals surface area contributed by atoms with Crippen molar-refractivity contribution >= 4 is 17.1 Å². The first-order chi connectivity index (χ1) is 23.7. The molecule has 5 aromatic carbocycles. The summed E-state index contributed by atoms with van der Waals surface area (Å²) in [6.07, 6.45) is 8.26. The van der Waals surface area contributed by atoms with Gasteiger partial charge in [0.1, 0.15) is 0 Å². The van der Waals surface area contributed by atoms with Gasteiger partial charge in [0, 0.05) is 16.7 Å². The molecule has 0 heterocycles. The molecule has 0 amide bonds. The number of rotatable bonds is 4. The molecular weight excluding hydrogens is 591 g/mol. The Hall–Kier alpha value is -4.10. The summed E-state index contributed by atoms with van der Waals surface area (Å²) in [5.74, 6) is 3.54. The van der Waals surface area contributed by atoms with Crippen LogP contribution >= 0.6 is 0 Å². The smallest absolute Gasteiger partial charge is 0.0546 e. The molecule has 2 bridgehead atoms. The fourth-order valence-corrected chi connectivity index (χ4v) is 13.3. The predicted molar refractivity (Wildman–Crippen MR) is 203 cm³/mol. The topological polar surface area (TPSA) is 3.24 Å². The van der Waals surface area contributed by atoms with Crippen LogP contribution in [0.5, 0.6) is 0 Å². The molecule has 5 aromatic rings. The first kappa shape index (κ1) is 28.7. The molecule has 1 heteroatoms. The van der Waals surface area contributed by atoms with Crippen LogP contribution in [0.15, 0.2) is 115 Å².